The van der Waals surface area contributed by atoms with Gasteiger partial charge in [-0.05, 0) is 42.3 Å². The normalized spacial score (nSPS) is 12.0. The lowest BCUT2D eigenvalue weighted by molar-refractivity contribution is 0.598. The molecule has 0 amide bonds. The van der Waals surface area contributed by atoms with Crippen LogP contribution in [0.5, 0.6) is 0 Å². The molecular formula is C15H15N3O2S. The molecule has 0 radical (unpaired) electrons. The lowest BCUT2D eigenvalue weighted by Crippen LogP contribution is -2.12. The molecule has 1 aromatic carbocycles. The summed E-state index contributed by atoms with van der Waals surface area (Å²) in [4.78, 5) is 4.49. The molecule has 0 spiro atoms. The number of sulfonamides is 1. The Morgan fingerprint density at radius 1 is 1.19 bits per heavy atom. The van der Waals surface area contributed by atoms with Crippen LogP contribution >= 0.6 is 0 Å². The van der Waals surface area contributed by atoms with Crippen LogP contribution in [0.1, 0.15) is 5.56 Å². The number of nitrogens with zero attached hydrogens (tertiary/aromatic N) is 2. The van der Waals surface area contributed by atoms with E-state index >= 15 is 0 Å². The maximum Gasteiger partial charge on any atom is 0.238 e. The first-order chi connectivity index (χ1) is 9.88. The van der Waals surface area contributed by atoms with Crippen molar-refractivity contribution < 1.29 is 8.42 Å². The highest BCUT2D eigenvalue weighted by Gasteiger charge is 2.13. The Morgan fingerprint density at radius 3 is 2.62 bits per heavy atom. The van der Waals surface area contributed by atoms with Gasteiger partial charge in [-0.15, -0.1) is 0 Å². The molecule has 2 N–H and O–H groups in total. The molecule has 0 bridgehead atoms. The molecular weight excluding hydrogens is 286 g/mol. The van der Waals surface area contributed by atoms with Gasteiger partial charge >= 0.3 is 0 Å². The Hall–Kier alpha value is -2.18. The third kappa shape index (κ3) is 2.32. The third-order valence-electron chi connectivity index (χ3n) is 3.61. The summed E-state index contributed by atoms with van der Waals surface area (Å²) < 4.78 is 24.9. The van der Waals surface area contributed by atoms with Gasteiger partial charge < -0.3 is 4.57 Å². The van der Waals surface area contributed by atoms with Crippen molar-refractivity contribution in [3.8, 4) is 11.3 Å². The van der Waals surface area contributed by atoms with Crippen LogP contribution in [0, 0.1) is 6.92 Å². The van der Waals surface area contributed by atoms with E-state index in [4.69, 9.17) is 5.14 Å². The quantitative estimate of drug-likeness (QED) is 0.788. The molecule has 2 aromatic heterocycles. The van der Waals surface area contributed by atoms with Crippen molar-refractivity contribution in [3.63, 3.8) is 0 Å². The number of rotatable bonds is 2. The van der Waals surface area contributed by atoms with Gasteiger partial charge in [-0.1, -0.05) is 12.1 Å². The van der Waals surface area contributed by atoms with Gasteiger partial charge in [-0.3, -0.25) is 0 Å². The van der Waals surface area contributed by atoms with Crippen LogP contribution in [0.2, 0.25) is 0 Å². The number of benzene rings is 1. The van der Waals surface area contributed by atoms with Crippen LogP contribution in [-0.2, 0) is 17.1 Å². The zero-order valence-electron chi connectivity index (χ0n) is 11.7. The van der Waals surface area contributed by atoms with Gasteiger partial charge in [0.25, 0.3) is 0 Å². The van der Waals surface area contributed by atoms with Crippen LogP contribution in [0.4, 0.5) is 0 Å². The molecule has 21 heavy (non-hydrogen) atoms. The minimum absolute atomic E-state index is 0.106. The molecule has 0 saturated carbocycles. The maximum atomic E-state index is 11.5. The van der Waals surface area contributed by atoms with E-state index in [-0.39, 0.29) is 4.90 Å². The van der Waals surface area contributed by atoms with Gasteiger partial charge in [0.15, 0.2) is 0 Å². The number of primary sulfonamides is 1. The van der Waals surface area contributed by atoms with Crippen LogP contribution in [0.25, 0.3) is 22.3 Å². The summed E-state index contributed by atoms with van der Waals surface area (Å²) in [5, 5.41) is 6.25. The van der Waals surface area contributed by atoms with Gasteiger partial charge in [-0.2, -0.15) is 0 Å². The summed E-state index contributed by atoms with van der Waals surface area (Å²) in [5.41, 5.74) is 3.69. The second kappa shape index (κ2) is 4.68. The lowest BCUT2D eigenvalue weighted by Gasteiger charge is -2.05. The average molecular weight is 301 g/mol. The Kier molecular flexibility index (Phi) is 3.07. The van der Waals surface area contributed by atoms with Crippen molar-refractivity contribution in [1.29, 1.82) is 0 Å². The minimum atomic E-state index is -3.71. The summed E-state index contributed by atoms with van der Waals surface area (Å²) in [6.07, 6.45) is 1.77. The molecule has 0 unspecified atom stereocenters. The van der Waals surface area contributed by atoms with E-state index in [1.54, 1.807) is 18.3 Å². The van der Waals surface area contributed by atoms with Crippen molar-refractivity contribution in [2.24, 2.45) is 12.2 Å². The number of hydrogen-bond acceptors (Lipinski definition) is 3. The molecule has 0 aliphatic carbocycles. The zero-order chi connectivity index (χ0) is 15.2. The molecule has 0 fully saturated rings. The van der Waals surface area contributed by atoms with E-state index in [0.29, 0.717) is 0 Å². The summed E-state index contributed by atoms with van der Waals surface area (Å²) in [5.74, 6) is 0. The zero-order valence-corrected chi connectivity index (χ0v) is 12.6. The van der Waals surface area contributed by atoms with Gasteiger partial charge in [0.05, 0.1) is 10.6 Å². The van der Waals surface area contributed by atoms with Crippen molar-refractivity contribution in [1.82, 2.24) is 9.55 Å². The summed E-state index contributed by atoms with van der Waals surface area (Å²) in [6, 6.07) is 10.6. The van der Waals surface area contributed by atoms with Gasteiger partial charge in [0.2, 0.25) is 10.0 Å². The second-order valence-corrected chi connectivity index (χ2v) is 6.59. The minimum Gasteiger partial charge on any atom is -0.328 e. The molecule has 3 aromatic rings. The molecule has 0 aliphatic heterocycles. The molecule has 0 atom stereocenters. The topological polar surface area (TPSA) is 78.0 Å². The summed E-state index contributed by atoms with van der Waals surface area (Å²) in [6.45, 7) is 2.02. The number of hydrogen-bond donors (Lipinski definition) is 1. The first kappa shape index (κ1) is 13.8. The predicted molar refractivity (Wildman–Crippen MR) is 82.3 cm³/mol. The molecule has 3 rings (SSSR count). The number of aryl methyl sites for hydroxylation is 2. The van der Waals surface area contributed by atoms with E-state index in [9.17, 15) is 8.42 Å². The lowest BCUT2D eigenvalue weighted by atomic mass is 10.1. The molecule has 2 heterocycles. The first-order valence-corrected chi connectivity index (χ1v) is 7.97. The Balaban J connectivity index is 2.26. The Morgan fingerprint density at radius 2 is 1.95 bits per heavy atom. The highest BCUT2D eigenvalue weighted by Crippen LogP contribution is 2.28. The van der Waals surface area contributed by atoms with E-state index < -0.39 is 10.0 Å². The number of fused-ring (bicyclic) bond motifs is 1. The standard InChI is InChI=1S/C15H15N3O2S/c1-10-6-7-17-15-13(10)9-14(18(15)2)11-4-3-5-12(8-11)21(16,19)20/h3-9H,1-2H3,(H2,16,19,20). The number of nitrogens with two attached hydrogens (primary N) is 1. The smallest absolute Gasteiger partial charge is 0.238 e. The van der Waals surface area contributed by atoms with Crippen molar-refractivity contribution in [3.05, 3.63) is 48.2 Å². The number of aromatic nitrogens is 2. The van der Waals surface area contributed by atoms with Crippen LogP contribution in [0.15, 0.2) is 47.5 Å². The fraction of sp³-hybridized carbons (Fsp3) is 0.133. The largest absolute Gasteiger partial charge is 0.328 e. The monoisotopic (exact) mass is 301 g/mol. The Labute approximate surface area is 123 Å². The van der Waals surface area contributed by atoms with E-state index in [2.05, 4.69) is 4.98 Å². The molecule has 108 valence electrons. The van der Waals surface area contributed by atoms with E-state index in [1.807, 2.05) is 36.7 Å². The fourth-order valence-electron chi connectivity index (χ4n) is 2.46. The molecule has 0 saturated heterocycles. The van der Waals surface area contributed by atoms with Crippen LogP contribution < -0.4 is 5.14 Å². The fourth-order valence-corrected chi connectivity index (χ4v) is 3.02. The number of pyridine rings is 1. The third-order valence-corrected chi connectivity index (χ3v) is 4.52. The van der Waals surface area contributed by atoms with Gasteiger partial charge in [0.1, 0.15) is 5.65 Å². The molecule has 6 heteroatoms. The SMILES string of the molecule is Cc1ccnc2c1cc(-c1cccc(S(N)(=O)=O)c1)n2C. The Bertz CT molecular complexity index is 943. The highest BCUT2D eigenvalue weighted by atomic mass is 32.2. The second-order valence-electron chi connectivity index (χ2n) is 5.03. The summed E-state index contributed by atoms with van der Waals surface area (Å²) >= 11 is 0. The molecule has 0 aliphatic rings. The van der Waals surface area contributed by atoms with E-state index in [0.717, 1.165) is 27.9 Å². The molecule has 5 nitrogen and oxygen atoms in total. The van der Waals surface area contributed by atoms with E-state index in [1.165, 1.54) is 6.07 Å². The van der Waals surface area contributed by atoms with Crippen LogP contribution in [-0.4, -0.2) is 18.0 Å². The maximum absolute atomic E-state index is 11.5. The predicted octanol–water partition coefficient (Wildman–Crippen LogP) is 2.20. The summed E-state index contributed by atoms with van der Waals surface area (Å²) in [7, 11) is -1.80. The van der Waals surface area contributed by atoms with Gasteiger partial charge in [0, 0.05) is 18.6 Å². The van der Waals surface area contributed by atoms with Crippen molar-refractivity contribution in [2.45, 2.75) is 11.8 Å². The van der Waals surface area contributed by atoms with Gasteiger partial charge in [-0.25, -0.2) is 18.5 Å². The average Bonchev–Trinajstić information content (AvgIpc) is 2.77. The first-order valence-electron chi connectivity index (χ1n) is 6.42. The van der Waals surface area contributed by atoms with Crippen LogP contribution in [0.3, 0.4) is 0 Å². The van der Waals surface area contributed by atoms with Crippen molar-refractivity contribution >= 4 is 21.1 Å². The van der Waals surface area contributed by atoms with Crippen molar-refractivity contribution in [2.75, 3.05) is 0 Å². The highest BCUT2D eigenvalue weighted by molar-refractivity contribution is 7.89.